The van der Waals surface area contributed by atoms with Crippen LogP contribution in [0, 0.1) is 18.6 Å². The van der Waals surface area contributed by atoms with Crippen LogP contribution in [0.2, 0.25) is 0 Å². The van der Waals surface area contributed by atoms with Crippen molar-refractivity contribution in [2.24, 2.45) is 0 Å². The van der Waals surface area contributed by atoms with Crippen molar-refractivity contribution < 1.29 is 23.0 Å². The number of hydrogen-bond donors (Lipinski definition) is 1. The van der Waals surface area contributed by atoms with Crippen molar-refractivity contribution in [3.8, 4) is 11.6 Å². The summed E-state index contributed by atoms with van der Waals surface area (Å²) in [4.78, 5) is 15.9. The number of para-hydroxylation sites is 1. The van der Waals surface area contributed by atoms with Gasteiger partial charge in [-0.25, -0.2) is 24.0 Å². The van der Waals surface area contributed by atoms with E-state index in [1.807, 2.05) is 0 Å². The van der Waals surface area contributed by atoms with Gasteiger partial charge in [0.1, 0.15) is 5.60 Å². The number of aromatic nitrogens is 1. The molecule has 1 N–H and O–H groups in total. The van der Waals surface area contributed by atoms with Crippen molar-refractivity contribution in [1.82, 2.24) is 10.4 Å². The van der Waals surface area contributed by atoms with Crippen LogP contribution in [0.3, 0.4) is 0 Å². The van der Waals surface area contributed by atoms with E-state index in [1.54, 1.807) is 34.7 Å². The molecule has 6 nitrogen and oxygen atoms in total. The van der Waals surface area contributed by atoms with E-state index in [-0.39, 0.29) is 5.88 Å². The largest absolute Gasteiger partial charge is 0.443 e. The summed E-state index contributed by atoms with van der Waals surface area (Å²) in [5.41, 5.74) is 3.17. The first kappa shape index (κ1) is 19.4. The average molecular weight is 365 g/mol. The van der Waals surface area contributed by atoms with E-state index in [9.17, 15) is 13.6 Å². The Hall–Kier alpha value is -2.90. The Balaban J connectivity index is 2.13. The first-order chi connectivity index (χ1) is 12.1. The van der Waals surface area contributed by atoms with Gasteiger partial charge in [0, 0.05) is 13.1 Å². The molecule has 2 rings (SSSR count). The lowest BCUT2D eigenvalue weighted by Crippen LogP contribution is -2.42. The van der Waals surface area contributed by atoms with Crippen LogP contribution in [0.4, 0.5) is 19.3 Å². The molecular weight excluding hydrogens is 344 g/mol. The topological polar surface area (TPSA) is 63.7 Å². The van der Waals surface area contributed by atoms with Crippen LogP contribution in [-0.2, 0) is 4.74 Å². The van der Waals surface area contributed by atoms with E-state index in [2.05, 4.69) is 10.4 Å². The highest BCUT2D eigenvalue weighted by atomic mass is 19.1. The lowest BCUT2D eigenvalue weighted by molar-refractivity contribution is 0.0524. The maximum atomic E-state index is 13.7. The molecule has 0 aliphatic heterocycles. The van der Waals surface area contributed by atoms with Gasteiger partial charge >= 0.3 is 6.09 Å². The Morgan fingerprint density at radius 3 is 2.38 bits per heavy atom. The Morgan fingerprint density at radius 1 is 1.23 bits per heavy atom. The van der Waals surface area contributed by atoms with Gasteiger partial charge in [-0.3, -0.25) is 5.01 Å². The van der Waals surface area contributed by atoms with Gasteiger partial charge in [0.15, 0.2) is 11.6 Å². The van der Waals surface area contributed by atoms with E-state index >= 15 is 0 Å². The Morgan fingerprint density at radius 2 is 1.85 bits per heavy atom. The quantitative estimate of drug-likeness (QED) is 0.817. The maximum absolute atomic E-state index is 13.7. The SMILES string of the molecule is Cc1cc(Oc2c(F)cccc2F)ncc1N(C)NC(=O)OC(C)(C)C. The fraction of sp³-hybridized carbons (Fsp3) is 0.333. The number of benzene rings is 1. The predicted molar refractivity (Wildman–Crippen MR) is 93.2 cm³/mol. The van der Waals surface area contributed by atoms with Crippen molar-refractivity contribution in [2.75, 3.05) is 12.1 Å². The third-order valence-electron chi connectivity index (χ3n) is 3.20. The highest BCUT2D eigenvalue weighted by Gasteiger charge is 2.18. The third kappa shape index (κ3) is 5.05. The molecular formula is C18H21F2N3O3. The monoisotopic (exact) mass is 365 g/mol. The van der Waals surface area contributed by atoms with Gasteiger partial charge in [-0.1, -0.05) is 6.07 Å². The number of nitrogens with one attached hydrogen (secondary N) is 1. The summed E-state index contributed by atoms with van der Waals surface area (Å²) >= 11 is 0. The van der Waals surface area contributed by atoms with Crippen LogP contribution in [0.15, 0.2) is 30.5 Å². The number of carbonyl (C=O) groups is 1. The number of rotatable bonds is 4. The highest BCUT2D eigenvalue weighted by Crippen LogP contribution is 2.28. The van der Waals surface area contributed by atoms with Crippen molar-refractivity contribution in [2.45, 2.75) is 33.3 Å². The molecule has 140 valence electrons. The van der Waals surface area contributed by atoms with E-state index < -0.39 is 29.1 Å². The molecule has 8 heteroatoms. The highest BCUT2D eigenvalue weighted by molar-refractivity contribution is 5.71. The summed E-state index contributed by atoms with van der Waals surface area (Å²) in [6, 6.07) is 4.95. The maximum Gasteiger partial charge on any atom is 0.426 e. The minimum Gasteiger partial charge on any atom is -0.443 e. The number of hydrogen-bond acceptors (Lipinski definition) is 5. The molecule has 0 spiro atoms. The summed E-state index contributed by atoms with van der Waals surface area (Å²) in [5, 5.41) is 1.43. The van der Waals surface area contributed by atoms with Crippen LogP contribution >= 0.6 is 0 Å². The summed E-state index contributed by atoms with van der Waals surface area (Å²) in [7, 11) is 1.62. The molecule has 0 saturated heterocycles. The second kappa shape index (κ2) is 7.55. The van der Waals surface area contributed by atoms with Crippen molar-refractivity contribution >= 4 is 11.8 Å². The number of halogens is 2. The van der Waals surface area contributed by atoms with Crippen molar-refractivity contribution in [3.05, 3.63) is 47.7 Å². The van der Waals surface area contributed by atoms with E-state index in [4.69, 9.17) is 9.47 Å². The number of aryl methyl sites for hydroxylation is 1. The van der Waals surface area contributed by atoms with Crippen LogP contribution in [0.5, 0.6) is 11.6 Å². The molecule has 1 aromatic carbocycles. The summed E-state index contributed by atoms with van der Waals surface area (Å²) in [6.45, 7) is 7.02. The Bertz CT molecular complexity index is 787. The van der Waals surface area contributed by atoms with Crippen LogP contribution in [0.25, 0.3) is 0 Å². The molecule has 26 heavy (non-hydrogen) atoms. The van der Waals surface area contributed by atoms with Gasteiger partial charge in [-0.05, 0) is 45.4 Å². The standard InChI is InChI=1S/C18H21F2N3O3/c1-11-9-15(25-16-12(19)7-6-8-13(16)20)21-10-14(11)23(5)22-17(24)26-18(2,3)4/h6-10H,1-5H3,(H,22,24). The second-order valence-electron chi connectivity index (χ2n) is 6.63. The predicted octanol–water partition coefficient (Wildman–Crippen LogP) is 4.34. The van der Waals surface area contributed by atoms with Crippen LogP contribution in [-0.4, -0.2) is 23.7 Å². The number of anilines is 1. The smallest absolute Gasteiger partial charge is 0.426 e. The summed E-state index contributed by atoms with van der Waals surface area (Å²) in [6.07, 6.45) is 0.800. The zero-order valence-electron chi connectivity index (χ0n) is 15.3. The summed E-state index contributed by atoms with van der Waals surface area (Å²) in [5.74, 6) is -2.14. The van der Waals surface area contributed by atoms with Crippen LogP contribution < -0.4 is 15.2 Å². The molecule has 0 atom stereocenters. The molecule has 2 aromatic rings. The third-order valence-corrected chi connectivity index (χ3v) is 3.20. The fourth-order valence-electron chi connectivity index (χ4n) is 2.11. The van der Waals surface area contributed by atoms with Crippen molar-refractivity contribution in [1.29, 1.82) is 0 Å². The Kier molecular flexibility index (Phi) is 5.64. The van der Waals surface area contributed by atoms with E-state index in [1.165, 1.54) is 23.3 Å². The molecule has 1 heterocycles. The molecule has 1 aromatic heterocycles. The molecule has 0 radical (unpaired) electrons. The van der Waals surface area contributed by atoms with Gasteiger partial charge in [0.05, 0.1) is 11.9 Å². The molecule has 0 bridgehead atoms. The first-order valence-corrected chi connectivity index (χ1v) is 7.88. The minimum absolute atomic E-state index is 0.0286. The zero-order valence-corrected chi connectivity index (χ0v) is 15.3. The number of ether oxygens (including phenoxy) is 2. The molecule has 0 fully saturated rings. The fourth-order valence-corrected chi connectivity index (χ4v) is 2.11. The van der Waals surface area contributed by atoms with Gasteiger partial charge in [0.25, 0.3) is 0 Å². The molecule has 1 amide bonds. The first-order valence-electron chi connectivity index (χ1n) is 7.88. The number of amides is 1. The summed E-state index contributed by atoms with van der Waals surface area (Å²) < 4.78 is 37.7. The second-order valence-corrected chi connectivity index (χ2v) is 6.63. The number of pyridine rings is 1. The number of nitrogens with zero attached hydrogens (tertiary/aromatic N) is 2. The van der Waals surface area contributed by atoms with E-state index in [0.717, 1.165) is 12.1 Å². The zero-order chi connectivity index (χ0) is 19.5. The number of carbonyl (C=O) groups excluding carboxylic acids is 1. The van der Waals surface area contributed by atoms with Crippen molar-refractivity contribution in [3.63, 3.8) is 0 Å². The van der Waals surface area contributed by atoms with Gasteiger partial charge in [-0.15, -0.1) is 0 Å². The van der Waals surface area contributed by atoms with Crippen LogP contribution in [0.1, 0.15) is 26.3 Å². The lowest BCUT2D eigenvalue weighted by Gasteiger charge is -2.25. The van der Waals surface area contributed by atoms with E-state index in [0.29, 0.717) is 11.3 Å². The van der Waals surface area contributed by atoms with Gasteiger partial charge in [-0.2, -0.15) is 0 Å². The van der Waals surface area contributed by atoms with Gasteiger partial charge < -0.3 is 9.47 Å². The molecule has 0 aliphatic carbocycles. The normalized spacial score (nSPS) is 11.0. The minimum atomic E-state index is -0.822. The average Bonchev–Trinajstić information content (AvgIpc) is 2.49. The molecule has 0 saturated carbocycles. The number of hydrazine groups is 1. The lowest BCUT2D eigenvalue weighted by atomic mass is 10.2. The molecule has 0 aliphatic rings. The molecule has 0 unspecified atom stereocenters. The van der Waals surface area contributed by atoms with Gasteiger partial charge in [0.2, 0.25) is 11.6 Å². The Labute approximate surface area is 150 Å².